The van der Waals surface area contributed by atoms with E-state index in [0.717, 1.165) is 0 Å². The number of rotatable bonds is 2. The van der Waals surface area contributed by atoms with Gasteiger partial charge in [0.05, 0.1) is 5.02 Å². The number of hydrogen-bond acceptors (Lipinski definition) is 1. The predicted molar refractivity (Wildman–Crippen MR) is 62.1 cm³/mol. The second kappa shape index (κ2) is 4.26. The van der Waals surface area contributed by atoms with E-state index in [2.05, 4.69) is 6.58 Å². The second-order valence-electron chi connectivity index (χ2n) is 3.80. The SMILES string of the molecule is C=CC1CC(=O)N(c2ccc(Cl)c(F)c2)C1. The van der Waals surface area contributed by atoms with Crippen molar-refractivity contribution in [2.24, 2.45) is 5.92 Å². The van der Waals surface area contributed by atoms with Gasteiger partial charge in [-0.05, 0) is 18.2 Å². The zero-order chi connectivity index (χ0) is 11.7. The van der Waals surface area contributed by atoms with Gasteiger partial charge in [-0.3, -0.25) is 4.79 Å². The first-order valence-corrected chi connectivity index (χ1v) is 5.37. The molecule has 1 heterocycles. The molecule has 0 spiro atoms. The van der Waals surface area contributed by atoms with Crippen LogP contribution in [0.3, 0.4) is 0 Å². The summed E-state index contributed by atoms with van der Waals surface area (Å²) >= 11 is 5.59. The minimum atomic E-state index is -0.506. The molecule has 16 heavy (non-hydrogen) atoms. The van der Waals surface area contributed by atoms with E-state index < -0.39 is 5.82 Å². The molecule has 0 saturated carbocycles. The largest absolute Gasteiger partial charge is 0.312 e. The van der Waals surface area contributed by atoms with E-state index in [-0.39, 0.29) is 16.8 Å². The number of carbonyl (C=O) groups excluding carboxylic acids is 1. The zero-order valence-electron chi connectivity index (χ0n) is 8.62. The number of carbonyl (C=O) groups is 1. The van der Waals surface area contributed by atoms with Gasteiger partial charge < -0.3 is 4.90 Å². The lowest BCUT2D eigenvalue weighted by molar-refractivity contribution is -0.117. The average molecular weight is 240 g/mol. The number of amides is 1. The number of nitrogens with zero attached hydrogens (tertiary/aromatic N) is 1. The second-order valence-corrected chi connectivity index (χ2v) is 4.21. The lowest BCUT2D eigenvalue weighted by atomic mass is 10.1. The van der Waals surface area contributed by atoms with Crippen molar-refractivity contribution in [3.8, 4) is 0 Å². The van der Waals surface area contributed by atoms with Gasteiger partial charge in [0.2, 0.25) is 5.91 Å². The molecule has 1 atom stereocenters. The van der Waals surface area contributed by atoms with Gasteiger partial charge in [-0.1, -0.05) is 17.7 Å². The number of hydrogen-bond donors (Lipinski definition) is 0. The van der Waals surface area contributed by atoms with E-state index in [1.54, 1.807) is 17.0 Å². The third kappa shape index (κ3) is 1.95. The molecule has 1 unspecified atom stereocenters. The molecule has 1 amide bonds. The summed E-state index contributed by atoms with van der Waals surface area (Å²) in [6, 6.07) is 4.39. The minimum Gasteiger partial charge on any atom is -0.312 e. The minimum absolute atomic E-state index is 0.00776. The molecule has 1 aliphatic heterocycles. The Balaban J connectivity index is 2.27. The van der Waals surface area contributed by atoms with Crippen LogP contribution in [0.5, 0.6) is 0 Å². The highest BCUT2D eigenvalue weighted by atomic mass is 35.5. The molecular weight excluding hydrogens is 229 g/mol. The van der Waals surface area contributed by atoms with E-state index in [4.69, 9.17) is 11.6 Å². The summed E-state index contributed by atoms with van der Waals surface area (Å²) in [4.78, 5) is 13.2. The standard InChI is InChI=1S/C12H11ClFNO/c1-2-8-5-12(16)15(7-8)9-3-4-10(13)11(14)6-9/h2-4,6,8H,1,5,7H2. The Kier molecular flexibility index (Phi) is 2.97. The van der Waals surface area contributed by atoms with Gasteiger partial charge in [-0.15, -0.1) is 6.58 Å². The lowest BCUT2D eigenvalue weighted by Gasteiger charge is -2.16. The van der Waals surface area contributed by atoms with Crippen molar-refractivity contribution >= 4 is 23.2 Å². The summed E-state index contributed by atoms with van der Waals surface area (Å²) in [6.07, 6.45) is 2.19. The highest BCUT2D eigenvalue weighted by molar-refractivity contribution is 6.30. The van der Waals surface area contributed by atoms with Gasteiger partial charge in [-0.25, -0.2) is 4.39 Å². The van der Waals surface area contributed by atoms with Crippen LogP contribution in [0, 0.1) is 11.7 Å². The maximum atomic E-state index is 13.2. The number of benzene rings is 1. The third-order valence-corrected chi connectivity index (χ3v) is 3.01. The fourth-order valence-electron chi connectivity index (χ4n) is 1.80. The van der Waals surface area contributed by atoms with E-state index in [9.17, 15) is 9.18 Å². The molecule has 2 rings (SSSR count). The summed E-state index contributed by atoms with van der Waals surface area (Å²) in [5.41, 5.74) is 0.552. The van der Waals surface area contributed by atoms with Crippen molar-refractivity contribution in [1.82, 2.24) is 0 Å². The summed E-state index contributed by atoms with van der Waals surface area (Å²) in [5.74, 6) is -0.369. The molecule has 1 saturated heterocycles. The van der Waals surface area contributed by atoms with Gasteiger partial charge in [-0.2, -0.15) is 0 Å². The highest BCUT2D eigenvalue weighted by Gasteiger charge is 2.28. The van der Waals surface area contributed by atoms with Crippen molar-refractivity contribution in [2.75, 3.05) is 11.4 Å². The fourth-order valence-corrected chi connectivity index (χ4v) is 1.91. The van der Waals surface area contributed by atoms with Gasteiger partial charge in [0.25, 0.3) is 0 Å². The first kappa shape index (κ1) is 11.1. The maximum absolute atomic E-state index is 13.2. The van der Waals surface area contributed by atoms with Crippen molar-refractivity contribution in [3.63, 3.8) is 0 Å². The topological polar surface area (TPSA) is 20.3 Å². The Bertz CT molecular complexity index is 447. The Morgan fingerprint density at radius 3 is 2.88 bits per heavy atom. The molecular formula is C12H11ClFNO. The molecule has 0 bridgehead atoms. The normalized spacial score (nSPS) is 20.2. The van der Waals surface area contributed by atoms with Crippen LogP contribution < -0.4 is 4.90 Å². The highest BCUT2D eigenvalue weighted by Crippen LogP contribution is 2.28. The molecule has 0 aromatic heterocycles. The van der Waals surface area contributed by atoms with Crippen LogP contribution in [0.1, 0.15) is 6.42 Å². The quantitative estimate of drug-likeness (QED) is 0.727. The smallest absolute Gasteiger partial charge is 0.227 e. The van der Waals surface area contributed by atoms with Crippen LogP contribution in [0.4, 0.5) is 10.1 Å². The Labute approximate surface area is 98.3 Å². The molecule has 84 valence electrons. The molecule has 2 nitrogen and oxygen atoms in total. The lowest BCUT2D eigenvalue weighted by Crippen LogP contribution is -2.24. The van der Waals surface area contributed by atoms with Gasteiger partial charge in [0.1, 0.15) is 5.82 Å². The van der Waals surface area contributed by atoms with Crippen LogP contribution in [-0.4, -0.2) is 12.5 Å². The summed E-state index contributed by atoms with van der Waals surface area (Å²) < 4.78 is 13.2. The van der Waals surface area contributed by atoms with E-state index in [1.807, 2.05) is 0 Å². The number of halogens is 2. The molecule has 0 aliphatic carbocycles. The summed E-state index contributed by atoms with van der Waals surface area (Å²) in [5, 5.41) is 0.0654. The molecule has 1 aliphatic rings. The molecule has 0 N–H and O–H groups in total. The van der Waals surface area contributed by atoms with Gasteiger partial charge in [0, 0.05) is 24.6 Å². The average Bonchev–Trinajstić information content (AvgIpc) is 2.64. The Morgan fingerprint density at radius 2 is 2.31 bits per heavy atom. The summed E-state index contributed by atoms with van der Waals surface area (Å²) in [7, 11) is 0. The van der Waals surface area contributed by atoms with Crippen molar-refractivity contribution in [3.05, 3.63) is 41.7 Å². The molecule has 1 aromatic rings. The molecule has 1 fully saturated rings. The van der Waals surface area contributed by atoms with E-state index >= 15 is 0 Å². The summed E-state index contributed by atoms with van der Waals surface area (Å²) in [6.45, 7) is 4.22. The molecule has 0 radical (unpaired) electrons. The van der Waals surface area contributed by atoms with E-state index in [0.29, 0.717) is 18.7 Å². The van der Waals surface area contributed by atoms with Crippen molar-refractivity contribution < 1.29 is 9.18 Å². The van der Waals surface area contributed by atoms with Gasteiger partial charge in [0.15, 0.2) is 0 Å². The van der Waals surface area contributed by atoms with Crippen LogP contribution >= 0.6 is 11.6 Å². The Hall–Kier alpha value is -1.35. The van der Waals surface area contributed by atoms with Crippen LogP contribution in [0.2, 0.25) is 5.02 Å². The zero-order valence-corrected chi connectivity index (χ0v) is 9.38. The third-order valence-electron chi connectivity index (χ3n) is 2.70. The number of anilines is 1. The first-order chi connectivity index (χ1) is 7.61. The predicted octanol–water partition coefficient (Wildman–Crippen LogP) is 3.02. The maximum Gasteiger partial charge on any atom is 0.227 e. The van der Waals surface area contributed by atoms with Crippen LogP contribution in [-0.2, 0) is 4.79 Å². The van der Waals surface area contributed by atoms with E-state index in [1.165, 1.54) is 12.1 Å². The molecule has 4 heteroatoms. The molecule has 1 aromatic carbocycles. The monoisotopic (exact) mass is 239 g/mol. The van der Waals surface area contributed by atoms with Crippen LogP contribution in [0.15, 0.2) is 30.9 Å². The Morgan fingerprint density at radius 1 is 1.56 bits per heavy atom. The van der Waals surface area contributed by atoms with Gasteiger partial charge >= 0.3 is 0 Å². The van der Waals surface area contributed by atoms with Crippen molar-refractivity contribution in [2.45, 2.75) is 6.42 Å². The van der Waals surface area contributed by atoms with Crippen LogP contribution in [0.25, 0.3) is 0 Å². The first-order valence-electron chi connectivity index (χ1n) is 5.00. The van der Waals surface area contributed by atoms with Crippen molar-refractivity contribution in [1.29, 1.82) is 0 Å². The fraction of sp³-hybridized carbons (Fsp3) is 0.250.